The van der Waals surface area contributed by atoms with E-state index >= 15 is 0 Å². The molecule has 7 nitrogen and oxygen atoms in total. The highest BCUT2D eigenvalue weighted by molar-refractivity contribution is 4.90. The van der Waals surface area contributed by atoms with Crippen molar-refractivity contribution >= 4 is 0 Å². The van der Waals surface area contributed by atoms with Gasteiger partial charge in [-0.25, -0.2) is 5.43 Å². The Hall–Kier alpha value is -0.280. The maximum Gasteiger partial charge on any atom is 0.149 e. The van der Waals surface area contributed by atoms with Gasteiger partial charge in [-0.15, -0.1) is 0 Å². The summed E-state index contributed by atoms with van der Waals surface area (Å²) in [4.78, 5) is 0. The first kappa shape index (κ1) is 10.8. The lowest BCUT2D eigenvalue weighted by Gasteiger charge is -2.39. The summed E-state index contributed by atoms with van der Waals surface area (Å²) < 4.78 is 4.93. The maximum atomic E-state index is 9.26. The van der Waals surface area contributed by atoms with Gasteiger partial charge in [-0.2, -0.15) is 0 Å². The van der Waals surface area contributed by atoms with Gasteiger partial charge in [-0.05, 0) is 0 Å². The molecule has 13 heavy (non-hydrogen) atoms. The molecule has 1 fully saturated rings. The molecule has 0 bridgehead atoms. The van der Waals surface area contributed by atoms with Crippen molar-refractivity contribution in [2.24, 2.45) is 5.84 Å². The van der Waals surface area contributed by atoms with Gasteiger partial charge in [-0.1, -0.05) is 0 Å². The van der Waals surface area contributed by atoms with Crippen LogP contribution in [-0.4, -0.2) is 57.7 Å². The first-order valence-corrected chi connectivity index (χ1v) is 3.88. The third-order valence-electron chi connectivity index (χ3n) is 2.06. The van der Waals surface area contributed by atoms with Crippen LogP contribution in [0.4, 0.5) is 0 Å². The van der Waals surface area contributed by atoms with Gasteiger partial charge in [0.05, 0.1) is 6.61 Å². The van der Waals surface area contributed by atoms with Gasteiger partial charge in [0, 0.05) is 0 Å². The Bertz CT molecular complexity index is 149. The smallest absolute Gasteiger partial charge is 0.149 e. The number of aliphatic hydroxyl groups excluding tert-OH is 4. The van der Waals surface area contributed by atoms with E-state index in [1.54, 1.807) is 0 Å². The van der Waals surface area contributed by atoms with Crippen molar-refractivity contribution in [2.45, 2.75) is 30.6 Å². The minimum Gasteiger partial charge on any atom is -0.394 e. The molecule has 1 heterocycles. The Balaban J connectivity index is 2.66. The highest BCUT2D eigenvalue weighted by atomic mass is 16.6. The predicted octanol–water partition coefficient (Wildman–Crippen LogP) is -3.75. The second-order valence-electron chi connectivity index (χ2n) is 2.92. The van der Waals surface area contributed by atoms with Crippen molar-refractivity contribution in [3.63, 3.8) is 0 Å². The van der Waals surface area contributed by atoms with E-state index in [-0.39, 0.29) is 0 Å². The lowest BCUT2D eigenvalue weighted by Crippen LogP contribution is -2.63. The van der Waals surface area contributed by atoms with Gasteiger partial charge in [0.1, 0.15) is 30.6 Å². The molecule has 5 atom stereocenters. The summed E-state index contributed by atoms with van der Waals surface area (Å²) in [7, 11) is 0. The van der Waals surface area contributed by atoms with Crippen LogP contribution in [0.25, 0.3) is 0 Å². The topological polar surface area (TPSA) is 128 Å². The quantitative estimate of drug-likeness (QED) is 0.197. The van der Waals surface area contributed by atoms with E-state index in [9.17, 15) is 15.3 Å². The molecule has 0 aromatic carbocycles. The monoisotopic (exact) mass is 194 g/mol. The molecule has 0 radical (unpaired) electrons. The normalized spacial score (nSPS) is 46.4. The fourth-order valence-electron chi connectivity index (χ4n) is 1.24. The van der Waals surface area contributed by atoms with Crippen LogP contribution in [0, 0.1) is 0 Å². The lowest BCUT2D eigenvalue weighted by molar-refractivity contribution is -0.236. The number of rotatable bonds is 2. The number of nitrogens with two attached hydrogens (primary N) is 1. The number of hydrazine groups is 1. The van der Waals surface area contributed by atoms with Gasteiger partial charge in [0.2, 0.25) is 0 Å². The van der Waals surface area contributed by atoms with E-state index in [1.165, 1.54) is 0 Å². The summed E-state index contributed by atoms with van der Waals surface area (Å²) in [6.07, 6.45) is -5.95. The second-order valence-corrected chi connectivity index (χ2v) is 2.92. The largest absolute Gasteiger partial charge is 0.394 e. The first-order valence-electron chi connectivity index (χ1n) is 3.88. The van der Waals surface area contributed by atoms with Crippen LogP contribution in [0.15, 0.2) is 0 Å². The van der Waals surface area contributed by atoms with Crippen LogP contribution in [-0.2, 0) is 4.74 Å². The molecule has 0 aliphatic carbocycles. The van der Waals surface area contributed by atoms with Gasteiger partial charge in [0.15, 0.2) is 0 Å². The molecular weight excluding hydrogens is 180 g/mol. The summed E-state index contributed by atoms with van der Waals surface area (Å²) in [5, 5.41) is 36.5. The van der Waals surface area contributed by atoms with E-state index in [4.69, 9.17) is 15.7 Å². The van der Waals surface area contributed by atoms with E-state index in [1.807, 2.05) is 0 Å². The van der Waals surface area contributed by atoms with Crippen molar-refractivity contribution in [2.75, 3.05) is 6.61 Å². The first-order chi connectivity index (χ1) is 6.11. The molecule has 7 heteroatoms. The SMILES string of the molecule is NNC1OC(CO)[C@H](O)C(O)C1O. The summed E-state index contributed by atoms with van der Waals surface area (Å²) in [6, 6.07) is 0. The van der Waals surface area contributed by atoms with Crippen LogP contribution < -0.4 is 11.3 Å². The highest BCUT2D eigenvalue weighted by Gasteiger charge is 2.42. The molecule has 1 aliphatic heterocycles. The standard InChI is InChI=1S/C6H14N2O5/c7-8-6-5(12)4(11)3(10)2(1-9)13-6/h2-6,8-12H,1,7H2/t2?,3-,4?,5?,6?/m0/s1. The molecule has 1 saturated heterocycles. The zero-order valence-electron chi connectivity index (χ0n) is 6.87. The average Bonchev–Trinajstić information content (AvgIpc) is 2.15. The molecule has 7 N–H and O–H groups in total. The van der Waals surface area contributed by atoms with Crippen LogP contribution in [0.2, 0.25) is 0 Å². The number of hydrogen-bond acceptors (Lipinski definition) is 7. The molecular formula is C6H14N2O5. The van der Waals surface area contributed by atoms with Crippen molar-refractivity contribution in [3.05, 3.63) is 0 Å². The Morgan fingerprint density at radius 1 is 1.15 bits per heavy atom. The summed E-state index contributed by atoms with van der Waals surface area (Å²) >= 11 is 0. The number of ether oxygens (including phenoxy) is 1. The van der Waals surface area contributed by atoms with E-state index in [0.29, 0.717) is 0 Å². The van der Waals surface area contributed by atoms with Crippen LogP contribution in [0.3, 0.4) is 0 Å². The molecule has 4 unspecified atom stereocenters. The van der Waals surface area contributed by atoms with Crippen LogP contribution in [0.5, 0.6) is 0 Å². The Morgan fingerprint density at radius 3 is 2.23 bits per heavy atom. The Morgan fingerprint density at radius 2 is 1.77 bits per heavy atom. The number of nitrogens with one attached hydrogen (secondary N) is 1. The highest BCUT2D eigenvalue weighted by Crippen LogP contribution is 2.18. The van der Waals surface area contributed by atoms with E-state index in [2.05, 4.69) is 5.43 Å². The lowest BCUT2D eigenvalue weighted by atomic mass is 9.99. The molecule has 0 aromatic rings. The fraction of sp³-hybridized carbons (Fsp3) is 1.00. The molecule has 0 aromatic heterocycles. The Kier molecular flexibility index (Phi) is 3.56. The maximum absolute atomic E-state index is 9.26. The zero-order chi connectivity index (χ0) is 10.0. The zero-order valence-corrected chi connectivity index (χ0v) is 6.87. The van der Waals surface area contributed by atoms with Crippen molar-refractivity contribution in [1.82, 2.24) is 5.43 Å². The van der Waals surface area contributed by atoms with Gasteiger partial charge in [-0.3, -0.25) is 5.84 Å². The minimum absolute atomic E-state index is 0.455. The fourth-order valence-corrected chi connectivity index (χ4v) is 1.24. The van der Waals surface area contributed by atoms with Gasteiger partial charge >= 0.3 is 0 Å². The third-order valence-corrected chi connectivity index (χ3v) is 2.06. The van der Waals surface area contributed by atoms with Crippen molar-refractivity contribution < 1.29 is 25.2 Å². The molecule has 0 saturated carbocycles. The number of hydrogen-bond donors (Lipinski definition) is 6. The van der Waals surface area contributed by atoms with E-state index in [0.717, 1.165) is 0 Å². The molecule has 78 valence electrons. The molecule has 0 amide bonds. The van der Waals surface area contributed by atoms with Crippen molar-refractivity contribution in [1.29, 1.82) is 0 Å². The third kappa shape index (κ3) is 1.97. The molecule has 0 spiro atoms. The summed E-state index contributed by atoms with van der Waals surface area (Å²) in [5.41, 5.74) is 2.11. The average molecular weight is 194 g/mol. The van der Waals surface area contributed by atoms with Crippen LogP contribution >= 0.6 is 0 Å². The Labute approximate surface area is 74.7 Å². The molecule has 1 aliphatic rings. The summed E-state index contributed by atoms with van der Waals surface area (Å²) in [5.74, 6) is 5.01. The van der Waals surface area contributed by atoms with Crippen LogP contribution in [0.1, 0.15) is 0 Å². The van der Waals surface area contributed by atoms with Crippen molar-refractivity contribution in [3.8, 4) is 0 Å². The number of aliphatic hydroxyl groups is 4. The summed E-state index contributed by atoms with van der Waals surface area (Å²) in [6.45, 7) is -0.455. The second kappa shape index (κ2) is 4.29. The van der Waals surface area contributed by atoms with Gasteiger partial charge < -0.3 is 25.2 Å². The predicted molar refractivity (Wildman–Crippen MR) is 41.1 cm³/mol. The van der Waals surface area contributed by atoms with E-state index < -0.39 is 37.3 Å². The van der Waals surface area contributed by atoms with Gasteiger partial charge in [0.25, 0.3) is 0 Å². The molecule has 1 rings (SSSR count). The minimum atomic E-state index is -1.38.